The van der Waals surface area contributed by atoms with Crippen LogP contribution in [-0.2, 0) is 4.79 Å². The molecular weight excluding hydrogens is 426 g/mol. The first kappa shape index (κ1) is 20.0. The van der Waals surface area contributed by atoms with Crippen molar-refractivity contribution in [3.8, 4) is 5.75 Å². The maximum atomic E-state index is 13.4. The number of rotatable bonds is 5. The van der Waals surface area contributed by atoms with E-state index in [-0.39, 0.29) is 5.91 Å². The molecule has 0 bridgehead atoms. The summed E-state index contributed by atoms with van der Waals surface area (Å²) in [6.07, 6.45) is 9.86. The fourth-order valence-corrected chi connectivity index (χ4v) is 4.73. The first-order valence-electron chi connectivity index (χ1n) is 10.4. The lowest BCUT2D eigenvalue weighted by atomic mass is 9.93. The molecule has 1 amide bonds. The van der Waals surface area contributed by atoms with Crippen LogP contribution in [0.4, 0.5) is 0 Å². The second-order valence-electron chi connectivity index (χ2n) is 7.59. The molecule has 1 aliphatic heterocycles. The summed E-state index contributed by atoms with van der Waals surface area (Å²) in [5.74, 6) is 0.928. The van der Waals surface area contributed by atoms with Gasteiger partial charge in [-0.2, -0.15) is 0 Å². The lowest BCUT2D eigenvalue weighted by molar-refractivity contribution is -0.125. The van der Waals surface area contributed by atoms with Crippen molar-refractivity contribution in [2.24, 2.45) is 0 Å². The standard InChI is InChI=1S/C25H26BrNO2/c1-2-29-24-14-13-18(16-22(24)26)15-20-17-23(19-9-5-3-6-10-19)27(25(20)28)21-11-7-4-8-12-21/h3,5-6,9-10,13-17,21H,2,4,7-8,11-12H2,1H3/b20-15+. The van der Waals surface area contributed by atoms with E-state index in [1.807, 2.05) is 54.3 Å². The largest absolute Gasteiger partial charge is 0.493 e. The molecule has 0 aromatic heterocycles. The average molecular weight is 452 g/mol. The highest BCUT2D eigenvalue weighted by Crippen LogP contribution is 2.37. The van der Waals surface area contributed by atoms with Gasteiger partial charge < -0.3 is 9.64 Å². The van der Waals surface area contributed by atoms with Crippen LogP contribution in [0.3, 0.4) is 0 Å². The third kappa shape index (κ3) is 4.32. The van der Waals surface area contributed by atoms with Gasteiger partial charge in [-0.1, -0.05) is 55.7 Å². The van der Waals surface area contributed by atoms with E-state index in [9.17, 15) is 4.79 Å². The van der Waals surface area contributed by atoms with Gasteiger partial charge in [0.1, 0.15) is 5.75 Å². The Morgan fingerprint density at radius 2 is 1.86 bits per heavy atom. The van der Waals surface area contributed by atoms with Crippen LogP contribution < -0.4 is 4.74 Å². The van der Waals surface area contributed by atoms with E-state index in [1.54, 1.807) is 0 Å². The molecule has 4 heteroatoms. The predicted octanol–water partition coefficient (Wildman–Crippen LogP) is 6.45. The summed E-state index contributed by atoms with van der Waals surface area (Å²) in [7, 11) is 0. The first-order chi connectivity index (χ1) is 14.2. The topological polar surface area (TPSA) is 29.5 Å². The third-order valence-electron chi connectivity index (χ3n) is 5.60. The van der Waals surface area contributed by atoms with Gasteiger partial charge in [-0.15, -0.1) is 0 Å². The summed E-state index contributed by atoms with van der Waals surface area (Å²) >= 11 is 3.57. The minimum Gasteiger partial charge on any atom is -0.493 e. The van der Waals surface area contributed by atoms with E-state index in [2.05, 4.69) is 34.1 Å². The minimum absolute atomic E-state index is 0.112. The molecule has 1 heterocycles. The molecule has 2 aromatic rings. The Balaban J connectivity index is 1.70. The number of halogens is 1. The summed E-state index contributed by atoms with van der Waals surface area (Å²) in [6, 6.07) is 16.5. The fraction of sp³-hybridized carbons (Fsp3) is 0.320. The zero-order chi connectivity index (χ0) is 20.2. The van der Waals surface area contributed by atoms with Crippen LogP contribution in [0.1, 0.15) is 50.2 Å². The summed E-state index contributed by atoms with van der Waals surface area (Å²) in [5.41, 5.74) is 3.85. The van der Waals surface area contributed by atoms with Crippen LogP contribution in [0.25, 0.3) is 11.8 Å². The lowest BCUT2D eigenvalue weighted by Gasteiger charge is -2.33. The third-order valence-corrected chi connectivity index (χ3v) is 6.22. The molecule has 2 aromatic carbocycles. The number of carbonyl (C=O) groups excluding carboxylic acids is 1. The Hall–Kier alpha value is -2.33. The van der Waals surface area contributed by atoms with E-state index in [1.165, 1.54) is 19.3 Å². The molecule has 29 heavy (non-hydrogen) atoms. The monoisotopic (exact) mass is 451 g/mol. The molecular formula is C25H26BrNO2. The Bertz CT molecular complexity index is 943. The van der Waals surface area contributed by atoms with Crippen LogP contribution in [0.2, 0.25) is 0 Å². The number of amides is 1. The van der Waals surface area contributed by atoms with Gasteiger partial charge in [-0.3, -0.25) is 4.79 Å². The van der Waals surface area contributed by atoms with E-state index in [4.69, 9.17) is 4.74 Å². The molecule has 0 atom stereocenters. The van der Waals surface area contributed by atoms with Crippen molar-refractivity contribution in [3.63, 3.8) is 0 Å². The van der Waals surface area contributed by atoms with Crippen LogP contribution in [0.5, 0.6) is 5.75 Å². The number of ether oxygens (including phenoxy) is 1. The molecule has 0 unspecified atom stereocenters. The van der Waals surface area contributed by atoms with Crippen LogP contribution in [0.15, 0.2) is 64.7 Å². The van der Waals surface area contributed by atoms with Gasteiger partial charge in [-0.05, 0) is 71.1 Å². The zero-order valence-electron chi connectivity index (χ0n) is 16.7. The number of carbonyl (C=O) groups is 1. The van der Waals surface area contributed by atoms with Crippen LogP contribution >= 0.6 is 15.9 Å². The van der Waals surface area contributed by atoms with Crippen molar-refractivity contribution in [1.82, 2.24) is 4.90 Å². The van der Waals surface area contributed by atoms with Gasteiger partial charge in [-0.25, -0.2) is 0 Å². The summed E-state index contributed by atoms with van der Waals surface area (Å²) in [4.78, 5) is 15.5. The van der Waals surface area contributed by atoms with Crippen molar-refractivity contribution in [1.29, 1.82) is 0 Å². The van der Waals surface area contributed by atoms with Crippen molar-refractivity contribution >= 4 is 33.6 Å². The fourth-order valence-electron chi connectivity index (χ4n) is 4.22. The second-order valence-corrected chi connectivity index (χ2v) is 8.44. The molecule has 1 fully saturated rings. The van der Waals surface area contributed by atoms with Crippen molar-refractivity contribution < 1.29 is 9.53 Å². The highest BCUT2D eigenvalue weighted by Gasteiger charge is 2.35. The van der Waals surface area contributed by atoms with Crippen molar-refractivity contribution in [2.75, 3.05) is 6.61 Å². The summed E-state index contributed by atoms with van der Waals surface area (Å²) in [6.45, 7) is 2.59. The van der Waals surface area contributed by atoms with E-state index >= 15 is 0 Å². The Kier molecular flexibility index (Phi) is 6.19. The van der Waals surface area contributed by atoms with Crippen LogP contribution in [-0.4, -0.2) is 23.5 Å². The molecule has 4 rings (SSSR count). The molecule has 150 valence electrons. The quantitative estimate of drug-likeness (QED) is 0.488. The number of nitrogens with zero attached hydrogens (tertiary/aromatic N) is 1. The summed E-state index contributed by atoms with van der Waals surface area (Å²) < 4.78 is 6.50. The molecule has 0 spiro atoms. The van der Waals surface area contributed by atoms with Crippen LogP contribution in [0, 0.1) is 0 Å². The molecule has 1 saturated carbocycles. The van der Waals surface area contributed by atoms with E-state index in [0.717, 1.165) is 45.5 Å². The highest BCUT2D eigenvalue weighted by molar-refractivity contribution is 9.10. The highest BCUT2D eigenvalue weighted by atomic mass is 79.9. The normalized spacial score (nSPS) is 19.0. The maximum absolute atomic E-state index is 13.4. The molecule has 2 aliphatic rings. The Labute approximate surface area is 181 Å². The number of benzene rings is 2. The predicted molar refractivity (Wildman–Crippen MR) is 121 cm³/mol. The average Bonchev–Trinajstić information content (AvgIpc) is 3.07. The summed E-state index contributed by atoms with van der Waals surface area (Å²) in [5, 5.41) is 0. The first-order valence-corrected chi connectivity index (χ1v) is 11.2. The SMILES string of the molecule is CCOc1ccc(/C=C2\C=C(c3ccccc3)N(C3CCCCC3)C2=O)cc1Br. The van der Waals surface area contributed by atoms with Crippen molar-refractivity contribution in [2.45, 2.75) is 45.1 Å². The molecule has 0 N–H and O–H groups in total. The lowest BCUT2D eigenvalue weighted by Crippen LogP contribution is -2.37. The smallest absolute Gasteiger partial charge is 0.258 e. The zero-order valence-corrected chi connectivity index (χ0v) is 18.3. The second kappa shape index (κ2) is 9.00. The van der Waals surface area contributed by atoms with Gasteiger partial charge in [0.2, 0.25) is 0 Å². The van der Waals surface area contributed by atoms with Gasteiger partial charge in [0, 0.05) is 11.6 Å². The number of hydrogen-bond acceptors (Lipinski definition) is 2. The Morgan fingerprint density at radius 3 is 2.55 bits per heavy atom. The molecule has 0 saturated heterocycles. The van der Waals surface area contributed by atoms with E-state index < -0.39 is 0 Å². The molecule has 3 nitrogen and oxygen atoms in total. The van der Waals surface area contributed by atoms with Gasteiger partial charge in [0.05, 0.1) is 16.8 Å². The minimum atomic E-state index is 0.112. The number of hydrogen-bond donors (Lipinski definition) is 0. The molecule has 1 aliphatic carbocycles. The van der Waals surface area contributed by atoms with Gasteiger partial charge >= 0.3 is 0 Å². The molecule has 0 radical (unpaired) electrons. The van der Waals surface area contributed by atoms with Crippen molar-refractivity contribution in [3.05, 3.63) is 75.8 Å². The Morgan fingerprint density at radius 1 is 1.10 bits per heavy atom. The maximum Gasteiger partial charge on any atom is 0.258 e. The van der Waals surface area contributed by atoms with Gasteiger partial charge in [0.25, 0.3) is 5.91 Å². The van der Waals surface area contributed by atoms with E-state index in [0.29, 0.717) is 12.6 Å². The van der Waals surface area contributed by atoms with Gasteiger partial charge in [0.15, 0.2) is 0 Å².